The normalized spacial score (nSPS) is 10.3. The topological polar surface area (TPSA) is 66.8 Å². The van der Waals surface area contributed by atoms with Gasteiger partial charge in [0.05, 0.1) is 6.61 Å². The Hall–Kier alpha value is -2.75. The van der Waals surface area contributed by atoms with E-state index in [1.54, 1.807) is 12.1 Å². The number of aromatic hydroxyl groups is 1. The van der Waals surface area contributed by atoms with E-state index in [0.29, 0.717) is 29.9 Å². The Morgan fingerprint density at radius 1 is 0.958 bits per heavy atom. The van der Waals surface area contributed by atoms with Gasteiger partial charge in [0.15, 0.2) is 0 Å². The molecule has 24 heavy (non-hydrogen) atoms. The second-order valence-corrected chi connectivity index (χ2v) is 5.54. The van der Waals surface area contributed by atoms with Crippen LogP contribution in [0.15, 0.2) is 55.1 Å². The van der Waals surface area contributed by atoms with Crippen LogP contribution in [0.25, 0.3) is 5.57 Å². The van der Waals surface area contributed by atoms with Crippen LogP contribution in [-0.2, 0) is 4.79 Å². The van der Waals surface area contributed by atoms with Crippen LogP contribution >= 0.6 is 0 Å². The lowest BCUT2D eigenvalue weighted by Gasteiger charge is -2.14. The van der Waals surface area contributed by atoms with Gasteiger partial charge in [-0.2, -0.15) is 0 Å². The summed E-state index contributed by atoms with van der Waals surface area (Å²) in [4.78, 5) is 10.5. The summed E-state index contributed by atoms with van der Waals surface area (Å²) in [6, 6.07) is 14.7. The van der Waals surface area contributed by atoms with E-state index in [9.17, 15) is 9.90 Å². The van der Waals surface area contributed by atoms with Gasteiger partial charge in [-0.25, -0.2) is 0 Å². The Balaban J connectivity index is 1.99. The summed E-state index contributed by atoms with van der Waals surface area (Å²) in [6.45, 7) is 4.61. The van der Waals surface area contributed by atoms with Crippen molar-refractivity contribution in [1.82, 2.24) is 0 Å². The van der Waals surface area contributed by atoms with Crippen molar-refractivity contribution in [2.45, 2.75) is 25.7 Å². The number of carboxylic acids is 1. The molecule has 0 unspecified atom stereocenters. The molecule has 0 fully saturated rings. The molecule has 0 saturated heterocycles. The minimum Gasteiger partial charge on any atom is -0.507 e. The summed E-state index contributed by atoms with van der Waals surface area (Å²) in [5.41, 5.74) is 2.22. The molecule has 0 saturated carbocycles. The smallest absolute Gasteiger partial charge is 0.303 e. The highest BCUT2D eigenvalue weighted by Crippen LogP contribution is 2.33. The predicted octanol–water partition coefficient (Wildman–Crippen LogP) is 4.48. The number of hydrogen-bond acceptors (Lipinski definition) is 3. The third-order valence-corrected chi connectivity index (χ3v) is 3.73. The molecule has 0 amide bonds. The summed E-state index contributed by atoms with van der Waals surface area (Å²) in [5.74, 6) is 0.134. The lowest BCUT2D eigenvalue weighted by molar-refractivity contribution is -0.137. The highest BCUT2D eigenvalue weighted by atomic mass is 16.5. The zero-order valence-corrected chi connectivity index (χ0v) is 13.6. The van der Waals surface area contributed by atoms with Gasteiger partial charge in [0, 0.05) is 17.5 Å². The van der Waals surface area contributed by atoms with Crippen LogP contribution in [0.3, 0.4) is 0 Å². The molecule has 0 spiro atoms. The molecule has 126 valence electrons. The van der Waals surface area contributed by atoms with Crippen LogP contribution in [-0.4, -0.2) is 22.8 Å². The number of aliphatic carboxylic acids is 1. The average Bonchev–Trinajstić information content (AvgIpc) is 2.58. The molecule has 0 bridgehead atoms. The van der Waals surface area contributed by atoms with Gasteiger partial charge >= 0.3 is 5.97 Å². The Labute approximate surface area is 142 Å². The molecule has 0 radical (unpaired) electrons. The van der Waals surface area contributed by atoms with Crippen LogP contribution in [0, 0.1) is 0 Å². The minimum absolute atomic E-state index is 0.186. The lowest BCUT2D eigenvalue weighted by atomic mass is 9.98. The second-order valence-electron chi connectivity index (χ2n) is 5.54. The van der Waals surface area contributed by atoms with Gasteiger partial charge in [-0.3, -0.25) is 4.79 Å². The van der Waals surface area contributed by atoms with E-state index in [-0.39, 0.29) is 12.2 Å². The van der Waals surface area contributed by atoms with Crippen molar-refractivity contribution in [1.29, 1.82) is 0 Å². The van der Waals surface area contributed by atoms with E-state index >= 15 is 0 Å². The van der Waals surface area contributed by atoms with Crippen molar-refractivity contribution in [3.63, 3.8) is 0 Å². The molecule has 4 heteroatoms. The molecule has 2 aromatic carbocycles. The fourth-order valence-electron chi connectivity index (χ4n) is 2.45. The molecule has 2 aromatic rings. The van der Waals surface area contributed by atoms with Crippen molar-refractivity contribution in [2.75, 3.05) is 6.61 Å². The fourth-order valence-corrected chi connectivity index (χ4v) is 2.45. The van der Waals surface area contributed by atoms with Crippen molar-refractivity contribution in [2.24, 2.45) is 0 Å². The molecule has 2 rings (SSSR count). The molecule has 4 nitrogen and oxygen atoms in total. The molecule has 2 N–H and O–H groups in total. The third-order valence-electron chi connectivity index (χ3n) is 3.73. The van der Waals surface area contributed by atoms with Gasteiger partial charge < -0.3 is 14.9 Å². The van der Waals surface area contributed by atoms with Crippen LogP contribution in [0.1, 0.15) is 36.8 Å². The number of benzene rings is 2. The standard InChI is InChI=1S/C20H22O4/c1-15(16-9-4-6-11-18(16)21)17-10-5-7-12-19(17)24-14-8-2-3-13-20(22)23/h4-7,9-12,21H,1-3,8,13-14H2,(H,22,23). The molecular weight excluding hydrogens is 304 g/mol. The monoisotopic (exact) mass is 326 g/mol. The third kappa shape index (κ3) is 4.88. The van der Waals surface area contributed by atoms with Crippen LogP contribution in [0.2, 0.25) is 0 Å². The van der Waals surface area contributed by atoms with Crippen molar-refractivity contribution >= 4 is 11.5 Å². The first-order valence-electron chi connectivity index (χ1n) is 8.01. The van der Waals surface area contributed by atoms with Crippen molar-refractivity contribution in [3.05, 3.63) is 66.2 Å². The summed E-state index contributed by atoms with van der Waals surface area (Å²) in [6.07, 6.45) is 2.46. The first kappa shape index (κ1) is 17.6. The number of carboxylic acid groups (broad SMARTS) is 1. The van der Waals surface area contributed by atoms with Crippen molar-refractivity contribution in [3.8, 4) is 11.5 Å². The van der Waals surface area contributed by atoms with Gasteiger partial charge in [0.1, 0.15) is 11.5 Å². The fraction of sp³-hybridized carbons (Fsp3) is 0.250. The highest BCUT2D eigenvalue weighted by molar-refractivity contribution is 5.83. The number of rotatable bonds is 9. The summed E-state index contributed by atoms with van der Waals surface area (Å²) < 4.78 is 5.84. The second kappa shape index (κ2) is 8.77. The van der Waals surface area contributed by atoms with E-state index in [4.69, 9.17) is 9.84 Å². The molecule has 0 aliphatic carbocycles. The Bertz CT molecular complexity index is 706. The summed E-state index contributed by atoms with van der Waals surface area (Å²) in [5, 5.41) is 18.6. The first-order chi connectivity index (χ1) is 11.6. The maximum Gasteiger partial charge on any atom is 0.303 e. The van der Waals surface area contributed by atoms with E-state index in [2.05, 4.69) is 6.58 Å². The average molecular weight is 326 g/mol. The zero-order valence-electron chi connectivity index (χ0n) is 13.6. The maximum absolute atomic E-state index is 10.5. The number of phenols is 1. The first-order valence-corrected chi connectivity index (χ1v) is 8.01. The molecule has 0 aliphatic heterocycles. The zero-order chi connectivity index (χ0) is 17.4. The maximum atomic E-state index is 10.5. The summed E-state index contributed by atoms with van der Waals surface area (Å²) >= 11 is 0. The minimum atomic E-state index is -0.764. The number of phenolic OH excluding ortho intramolecular Hbond substituents is 1. The molecular formula is C20H22O4. The van der Waals surface area contributed by atoms with Gasteiger partial charge in [-0.1, -0.05) is 43.0 Å². The molecule has 0 aliphatic rings. The lowest BCUT2D eigenvalue weighted by Crippen LogP contribution is -2.01. The van der Waals surface area contributed by atoms with E-state index in [0.717, 1.165) is 18.4 Å². The van der Waals surface area contributed by atoms with Crippen molar-refractivity contribution < 1.29 is 19.7 Å². The largest absolute Gasteiger partial charge is 0.507 e. The van der Waals surface area contributed by atoms with Gasteiger partial charge in [-0.05, 0) is 37.0 Å². The Morgan fingerprint density at radius 3 is 2.33 bits per heavy atom. The van der Waals surface area contributed by atoms with Crippen LogP contribution in [0.5, 0.6) is 11.5 Å². The van der Waals surface area contributed by atoms with Crippen LogP contribution < -0.4 is 4.74 Å². The van der Waals surface area contributed by atoms with E-state index in [1.807, 2.05) is 36.4 Å². The Morgan fingerprint density at radius 2 is 1.62 bits per heavy atom. The number of ether oxygens (including phenoxy) is 1. The predicted molar refractivity (Wildman–Crippen MR) is 94.3 cm³/mol. The SMILES string of the molecule is C=C(c1ccccc1O)c1ccccc1OCCCCCC(=O)O. The van der Waals surface area contributed by atoms with Crippen LogP contribution in [0.4, 0.5) is 0 Å². The number of unbranched alkanes of at least 4 members (excludes halogenated alkanes) is 2. The van der Waals surface area contributed by atoms with Gasteiger partial charge in [-0.15, -0.1) is 0 Å². The number of para-hydroxylation sites is 2. The molecule has 0 heterocycles. The molecule has 0 atom stereocenters. The number of hydrogen-bond donors (Lipinski definition) is 2. The summed E-state index contributed by atoms with van der Waals surface area (Å²) in [7, 11) is 0. The quantitative estimate of drug-likeness (QED) is 0.667. The van der Waals surface area contributed by atoms with Gasteiger partial charge in [0.2, 0.25) is 0 Å². The van der Waals surface area contributed by atoms with Gasteiger partial charge in [0.25, 0.3) is 0 Å². The number of carbonyl (C=O) groups is 1. The van der Waals surface area contributed by atoms with E-state index in [1.165, 1.54) is 0 Å². The van der Waals surface area contributed by atoms with E-state index < -0.39 is 5.97 Å². The Kier molecular flexibility index (Phi) is 6.43. The molecule has 0 aromatic heterocycles. The highest BCUT2D eigenvalue weighted by Gasteiger charge is 2.11.